The van der Waals surface area contributed by atoms with Crippen LogP contribution in [-0.2, 0) is 12.8 Å². The van der Waals surface area contributed by atoms with Crippen LogP contribution in [0, 0.1) is 11.3 Å². The Balaban J connectivity index is 2.08. The highest BCUT2D eigenvalue weighted by Gasteiger charge is 2.03. The number of hydrogen-bond acceptors (Lipinski definition) is 4. The Morgan fingerprint density at radius 2 is 2.44 bits per heavy atom. The molecule has 0 spiro atoms. The summed E-state index contributed by atoms with van der Waals surface area (Å²) in [7, 11) is 1.88. The molecule has 0 saturated heterocycles. The summed E-state index contributed by atoms with van der Waals surface area (Å²) in [6.45, 7) is 0. The van der Waals surface area contributed by atoms with Crippen LogP contribution in [0.5, 0.6) is 0 Å². The Kier molecular flexibility index (Phi) is 3.22. The van der Waals surface area contributed by atoms with Crippen molar-refractivity contribution in [3.63, 3.8) is 0 Å². The molecule has 4 nitrogen and oxygen atoms in total. The van der Waals surface area contributed by atoms with E-state index in [4.69, 9.17) is 5.26 Å². The Labute approximate surface area is 97.9 Å². The molecule has 5 heteroatoms. The van der Waals surface area contributed by atoms with Gasteiger partial charge in [0.25, 0.3) is 0 Å². The van der Waals surface area contributed by atoms with E-state index in [0.717, 1.165) is 16.2 Å². The van der Waals surface area contributed by atoms with Gasteiger partial charge in [-0.15, -0.1) is 11.8 Å². The summed E-state index contributed by atoms with van der Waals surface area (Å²) in [6, 6.07) is 5.86. The average Bonchev–Trinajstić information content (AvgIpc) is 2.73. The normalized spacial score (nSPS) is 10.0. The van der Waals surface area contributed by atoms with Gasteiger partial charge in [-0.1, -0.05) is 6.07 Å². The smallest absolute Gasteiger partial charge is 0.144 e. The molecule has 0 atom stereocenters. The van der Waals surface area contributed by atoms with Crippen LogP contribution in [0.2, 0.25) is 0 Å². The van der Waals surface area contributed by atoms with E-state index in [1.807, 2.05) is 31.6 Å². The first-order valence-electron chi connectivity index (χ1n) is 4.75. The van der Waals surface area contributed by atoms with Crippen LogP contribution in [0.25, 0.3) is 0 Å². The van der Waals surface area contributed by atoms with E-state index in [0.29, 0.717) is 5.69 Å². The largest absolute Gasteiger partial charge is 0.275 e. The van der Waals surface area contributed by atoms with Gasteiger partial charge < -0.3 is 0 Å². The summed E-state index contributed by atoms with van der Waals surface area (Å²) in [6.07, 6.45) is 5.40. The highest BCUT2D eigenvalue weighted by atomic mass is 32.2. The third kappa shape index (κ3) is 2.41. The minimum Gasteiger partial charge on any atom is -0.275 e. The summed E-state index contributed by atoms with van der Waals surface area (Å²) in [5, 5.41) is 13.0. The third-order valence-electron chi connectivity index (χ3n) is 2.07. The molecule has 0 aliphatic heterocycles. The fraction of sp³-hybridized carbons (Fsp3) is 0.182. The number of nitrogens with zero attached hydrogens (tertiary/aromatic N) is 4. The average molecular weight is 230 g/mol. The maximum absolute atomic E-state index is 8.88. The van der Waals surface area contributed by atoms with Crippen LogP contribution in [0.1, 0.15) is 11.3 Å². The topological polar surface area (TPSA) is 54.5 Å². The summed E-state index contributed by atoms with van der Waals surface area (Å²) in [4.78, 5) is 5.11. The maximum atomic E-state index is 8.88. The maximum Gasteiger partial charge on any atom is 0.144 e. The zero-order valence-corrected chi connectivity index (χ0v) is 9.61. The molecule has 0 fully saturated rings. The molecule has 2 heterocycles. The van der Waals surface area contributed by atoms with Crippen LogP contribution in [-0.4, -0.2) is 14.8 Å². The Morgan fingerprint density at radius 1 is 1.56 bits per heavy atom. The first-order chi connectivity index (χ1) is 7.79. The van der Waals surface area contributed by atoms with Gasteiger partial charge in [-0.3, -0.25) is 4.68 Å². The molecule has 0 aliphatic carbocycles. The number of rotatable bonds is 3. The minimum absolute atomic E-state index is 0.499. The second kappa shape index (κ2) is 4.81. The molecule has 2 aromatic rings. The summed E-state index contributed by atoms with van der Waals surface area (Å²) < 4.78 is 1.76. The number of aromatic nitrogens is 3. The van der Waals surface area contributed by atoms with Gasteiger partial charge in [0.1, 0.15) is 11.8 Å². The van der Waals surface area contributed by atoms with Crippen molar-refractivity contribution >= 4 is 11.8 Å². The molecular weight excluding hydrogens is 220 g/mol. The molecule has 0 saturated carbocycles. The van der Waals surface area contributed by atoms with E-state index in [9.17, 15) is 0 Å². The monoisotopic (exact) mass is 230 g/mol. The zero-order valence-electron chi connectivity index (χ0n) is 8.79. The third-order valence-corrected chi connectivity index (χ3v) is 3.07. The lowest BCUT2D eigenvalue weighted by Gasteiger charge is -2.00. The molecule has 0 radical (unpaired) electrons. The first kappa shape index (κ1) is 10.7. The lowest BCUT2D eigenvalue weighted by molar-refractivity contribution is 0.766. The van der Waals surface area contributed by atoms with Gasteiger partial charge in [-0.2, -0.15) is 10.4 Å². The van der Waals surface area contributed by atoms with Crippen molar-refractivity contribution in [3.8, 4) is 6.07 Å². The lowest BCUT2D eigenvalue weighted by atomic mass is 10.2. The van der Waals surface area contributed by atoms with Gasteiger partial charge in [0.15, 0.2) is 0 Å². The standard InChI is InChI=1S/C11H10N4S/c1-15-7-10(6-14-15)16-8-9-3-2-4-13-11(9)5-12/h2-4,6-7H,8H2,1H3. The molecule has 16 heavy (non-hydrogen) atoms. The van der Waals surface area contributed by atoms with E-state index in [1.165, 1.54) is 0 Å². The van der Waals surface area contributed by atoms with Gasteiger partial charge in [-0.05, 0) is 11.6 Å². The van der Waals surface area contributed by atoms with E-state index in [-0.39, 0.29) is 0 Å². The molecular formula is C11H10N4S. The Morgan fingerprint density at radius 3 is 3.12 bits per heavy atom. The first-order valence-corrected chi connectivity index (χ1v) is 5.73. The highest BCUT2D eigenvalue weighted by molar-refractivity contribution is 7.98. The van der Waals surface area contributed by atoms with Gasteiger partial charge in [0, 0.05) is 30.1 Å². The van der Waals surface area contributed by atoms with Crippen LogP contribution >= 0.6 is 11.8 Å². The fourth-order valence-corrected chi connectivity index (χ4v) is 2.19. The van der Waals surface area contributed by atoms with Crippen molar-refractivity contribution < 1.29 is 0 Å². The minimum atomic E-state index is 0.499. The Hall–Kier alpha value is -1.80. The highest BCUT2D eigenvalue weighted by Crippen LogP contribution is 2.22. The molecule has 0 unspecified atom stereocenters. The number of nitriles is 1. The van der Waals surface area contributed by atoms with Gasteiger partial charge in [0.05, 0.1) is 6.20 Å². The summed E-state index contributed by atoms with van der Waals surface area (Å²) in [5.74, 6) is 0.739. The van der Waals surface area contributed by atoms with Crippen molar-refractivity contribution in [3.05, 3.63) is 42.0 Å². The second-order valence-corrected chi connectivity index (χ2v) is 4.31. The zero-order chi connectivity index (χ0) is 11.4. The predicted molar refractivity (Wildman–Crippen MR) is 61.7 cm³/mol. The van der Waals surface area contributed by atoms with Crippen molar-refractivity contribution in [1.29, 1.82) is 5.26 Å². The number of aryl methyl sites for hydroxylation is 1. The molecule has 0 aromatic carbocycles. The second-order valence-electron chi connectivity index (χ2n) is 3.26. The van der Waals surface area contributed by atoms with Gasteiger partial charge >= 0.3 is 0 Å². The van der Waals surface area contributed by atoms with Crippen LogP contribution in [0.3, 0.4) is 0 Å². The number of hydrogen-bond donors (Lipinski definition) is 0. The number of thioether (sulfide) groups is 1. The Bertz CT molecular complexity index is 527. The molecule has 80 valence electrons. The SMILES string of the molecule is Cn1cc(SCc2cccnc2C#N)cn1. The molecule has 2 rings (SSSR count). The van der Waals surface area contributed by atoms with E-state index in [2.05, 4.69) is 16.2 Å². The van der Waals surface area contributed by atoms with Crippen molar-refractivity contribution in [2.24, 2.45) is 7.05 Å². The molecule has 0 aliphatic rings. The summed E-state index contributed by atoms with van der Waals surface area (Å²) in [5.41, 5.74) is 1.46. The fourth-order valence-electron chi connectivity index (χ4n) is 1.29. The van der Waals surface area contributed by atoms with Crippen LogP contribution in [0.15, 0.2) is 35.6 Å². The molecule has 0 bridgehead atoms. The quantitative estimate of drug-likeness (QED) is 0.756. The van der Waals surface area contributed by atoms with Gasteiger partial charge in [0.2, 0.25) is 0 Å². The number of pyridine rings is 1. The van der Waals surface area contributed by atoms with Crippen molar-refractivity contribution in [2.75, 3.05) is 0 Å². The van der Waals surface area contributed by atoms with Crippen molar-refractivity contribution in [2.45, 2.75) is 10.6 Å². The molecule has 0 N–H and O–H groups in total. The van der Waals surface area contributed by atoms with E-state index >= 15 is 0 Å². The van der Waals surface area contributed by atoms with E-state index in [1.54, 1.807) is 22.6 Å². The lowest BCUT2D eigenvalue weighted by Crippen LogP contribution is -1.90. The molecule has 2 aromatic heterocycles. The van der Waals surface area contributed by atoms with E-state index < -0.39 is 0 Å². The molecule has 0 amide bonds. The van der Waals surface area contributed by atoms with Crippen LogP contribution < -0.4 is 0 Å². The van der Waals surface area contributed by atoms with Crippen molar-refractivity contribution in [1.82, 2.24) is 14.8 Å². The predicted octanol–water partition coefficient (Wildman–Crippen LogP) is 1.98. The van der Waals surface area contributed by atoms with Crippen LogP contribution in [0.4, 0.5) is 0 Å². The summed E-state index contributed by atoms with van der Waals surface area (Å²) >= 11 is 1.65. The van der Waals surface area contributed by atoms with Gasteiger partial charge in [-0.25, -0.2) is 4.98 Å².